The Morgan fingerprint density at radius 3 is 2.35 bits per heavy atom. The fourth-order valence-corrected chi connectivity index (χ4v) is 1.48. The minimum Gasteiger partial charge on any atom is -0.382 e. The lowest BCUT2D eigenvalue weighted by Crippen LogP contribution is -2.31. The molecule has 1 aromatic rings. The van der Waals surface area contributed by atoms with Crippen LogP contribution in [-0.4, -0.2) is 18.0 Å². The van der Waals surface area contributed by atoms with Gasteiger partial charge in [0.05, 0.1) is 11.3 Å². The van der Waals surface area contributed by atoms with E-state index in [2.05, 4.69) is 10.6 Å². The molecule has 0 unspecified atom stereocenters. The lowest BCUT2D eigenvalue weighted by molar-refractivity contribution is 0.0944. The molecule has 1 rings (SSSR count). The van der Waals surface area contributed by atoms with Crippen LogP contribution >= 0.6 is 0 Å². The molecule has 94 valence electrons. The van der Waals surface area contributed by atoms with E-state index in [1.165, 1.54) is 18.2 Å². The van der Waals surface area contributed by atoms with Gasteiger partial charge in [-0.3, -0.25) is 4.79 Å². The van der Waals surface area contributed by atoms with E-state index in [9.17, 15) is 9.18 Å². The Bertz CT molecular complexity index is 402. The zero-order valence-electron chi connectivity index (χ0n) is 10.7. The average Bonchev–Trinajstić information content (AvgIpc) is 2.15. The van der Waals surface area contributed by atoms with Gasteiger partial charge in [-0.1, -0.05) is 0 Å². The maximum atomic E-state index is 13.2. The molecule has 0 aliphatic rings. The molecule has 0 spiro atoms. The lowest BCUT2D eigenvalue weighted by atomic mass is 10.1. The number of amides is 1. The quantitative estimate of drug-likeness (QED) is 0.846. The summed E-state index contributed by atoms with van der Waals surface area (Å²) in [6, 6.07) is 4.33. The molecular formula is C13H19FN2O. The molecule has 1 aromatic carbocycles. The number of carbonyl (C=O) groups excluding carboxylic acids is 1. The normalized spacial score (nSPS) is 10.8. The monoisotopic (exact) mass is 238 g/mol. The molecule has 4 heteroatoms. The molecule has 0 saturated carbocycles. The van der Waals surface area contributed by atoms with E-state index in [0.29, 0.717) is 11.3 Å². The van der Waals surface area contributed by atoms with Gasteiger partial charge in [0.15, 0.2) is 0 Å². The van der Waals surface area contributed by atoms with Gasteiger partial charge in [0.1, 0.15) is 5.82 Å². The van der Waals surface area contributed by atoms with E-state index in [0.717, 1.165) is 0 Å². The summed E-state index contributed by atoms with van der Waals surface area (Å²) in [5.74, 6) is -0.544. The maximum absolute atomic E-state index is 13.2. The molecule has 0 aromatic heterocycles. The second-order valence-corrected chi connectivity index (χ2v) is 4.62. The Kier molecular flexibility index (Phi) is 4.49. The summed E-state index contributed by atoms with van der Waals surface area (Å²) in [5, 5.41) is 5.86. The highest BCUT2D eigenvalue weighted by molar-refractivity contribution is 5.99. The number of nitrogens with one attached hydrogen (secondary N) is 2. The lowest BCUT2D eigenvalue weighted by Gasteiger charge is -2.16. The van der Waals surface area contributed by atoms with Crippen LogP contribution in [0.5, 0.6) is 0 Å². The van der Waals surface area contributed by atoms with Crippen LogP contribution in [-0.2, 0) is 0 Å². The van der Waals surface area contributed by atoms with Crippen molar-refractivity contribution in [2.75, 3.05) is 5.32 Å². The molecule has 0 heterocycles. The van der Waals surface area contributed by atoms with Crippen LogP contribution in [0, 0.1) is 5.82 Å². The van der Waals surface area contributed by atoms with Gasteiger partial charge in [0.2, 0.25) is 0 Å². The standard InChI is InChI=1S/C13H19FN2O/c1-8(2)15-12-7-10(14)5-6-11(12)13(17)16-9(3)4/h5-9,15H,1-4H3,(H,16,17). The first-order valence-corrected chi connectivity index (χ1v) is 5.77. The third kappa shape index (κ3) is 4.06. The van der Waals surface area contributed by atoms with Crippen LogP contribution in [0.2, 0.25) is 0 Å². The molecule has 0 atom stereocenters. The van der Waals surface area contributed by atoms with Crippen molar-refractivity contribution in [1.82, 2.24) is 5.32 Å². The third-order valence-corrected chi connectivity index (χ3v) is 2.09. The van der Waals surface area contributed by atoms with Crippen LogP contribution in [0.3, 0.4) is 0 Å². The molecule has 0 aliphatic heterocycles. The highest BCUT2D eigenvalue weighted by Gasteiger charge is 2.13. The van der Waals surface area contributed by atoms with Crippen LogP contribution in [0.4, 0.5) is 10.1 Å². The van der Waals surface area contributed by atoms with Gasteiger partial charge in [0, 0.05) is 12.1 Å². The smallest absolute Gasteiger partial charge is 0.253 e. The van der Waals surface area contributed by atoms with Gasteiger partial charge >= 0.3 is 0 Å². The number of rotatable bonds is 4. The number of carbonyl (C=O) groups is 1. The second kappa shape index (κ2) is 5.66. The minimum atomic E-state index is -0.353. The highest BCUT2D eigenvalue weighted by atomic mass is 19.1. The number of anilines is 1. The molecule has 2 N–H and O–H groups in total. The van der Waals surface area contributed by atoms with Crippen LogP contribution < -0.4 is 10.6 Å². The Morgan fingerprint density at radius 1 is 1.18 bits per heavy atom. The van der Waals surface area contributed by atoms with Crippen molar-refractivity contribution in [3.63, 3.8) is 0 Å². The molecule has 0 bridgehead atoms. The summed E-state index contributed by atoms with van der Waals surface area (Å²) < 4.78 is 13.2. The van der Waals surface area contributed by atoms with Crippen LogP contribution in [0.15, 0.2) is 18.2 Å². The van der Waals surface area contributed by atoms with Gasteiger partial charge in [-0.05, 0) is 45.9 Å². The molecule has 0 saturated heterocycles. The van der Waals surface area contributed by atoms with E-state index in [1.54, 1.807) is 0 Å². The van der Waals surface area contributed by atoms with E-state index >= 15 is 0 Å². The van der Waals surface area contributed by atoms with Crippen molar-refractivity contribution in [3.8, 4) is 0 Å². The van der Waals surface area contributed by atoms with Gasteiger partial charge < -0.3 is 10.6 Å². The number of benzene rings is 1. The predicted molar refractivity (Wildman–Crippen MR) is 67.8 cm³/mol. The van der Waals surface area contributed by atoms with Gasteiger partial charge in [0.25, 0.3) is 5.91 Å². The minimum absolute atomic E-state index is 0.0550. The Labute approximate surface area is 101 Å². The first-order chi connectivity index (χ1) is 7.90. The van der Waals surface area contributed by atoms with Crippen LogP contribution in [0.1, 0.15) is 38.1 Å². The number of hydrogen-bond acceptors (Lipinski definition) is 2. The molecule has 0 aliphatic carbocycles. The maximum Gasteiger partial charge on any atom is 0.253 e. The predicted octanol–water partition coefficient (Wildman–Crippen LogP) is 2.78. The number of halogens is 1. The fraction of sp³-hybridized carbons (Fsp3) is 0.462. The van der Waals surface area contributed by atoms with Crippen molar-refractivity contribution in [1.29, 1.82) is 0 Å². The second-order valence-electron chi connectivity index (χ2n) is 4.62. The molecule has 0 radical (unpaired) electrons. The SMILES string of the molecule is CC(C)NC(=O)c1ccc(F)cc1NC(C)C. The summed E-state index contributed by atoms with van der Waals surface area (Å²) >= 11 is 0. The van der Waals surface area contributed by atoms with E-state index in [4.69, 9.17) is 0 Å². The first kappa shape index (κ1) is 13.5. The fourth-order valence-electron chi connectivity index (χ4n) is 1.48. The van der Waals surface area contributed by atoms with E-state index in [1.807, 2.05) is 27.7 Å². The highest BCUT2D eigenvalue weighted by Crippen LogP contribution is 2.18. The average molecular weight is 238 g/mol. The largest absolute Gasteiger partial charge is 0.382 e. The van der Waals surface area contributed by atoms with Crippen molar-refractivity contribution >= 4 is 11.6 Å². The van der Waals surface area contributed by atoms with E-state index < -0.39 is 0 Å². The van der Waals surface area contributed by atoms with Crippen molar-refractivity contribution < 1.29 is 9.18 Å². The van der Waals surface area contributed by atoms with Gasteiger partial charge in [-0.25, -0.2) is 4.39 Å². The Hall–Kier alpha value is -1.58. The van der Waals surface area contributed by atoms with Crippen molar-refractivity contribution in [3.05, 3.63) is 29.6 Å². The zero-order chi connectivity index (χ0) is 13.0. The summed E-state index contributed by atoms with van der Waals surface area (Å²) in [7, 11) is 0. The Morgan fingerprint density at radius 2 is 1.82 bits per heavy atom. The molecular weight excluding hydrogens is 219 g/mol. The van der Waals surface area contributed by atoms with Gasteiger partial charge in [-0.15, -0.1) is 0 Å². The van der Waals surface area contributed by atoms with E-state index in [-0.39, 0.29) is 23.8 Å². The first-order valence-electron chi connectivity index (χ1n) is 5.77. The van der Waals surface area contributed by atoms with Crippen molar-refractivity contribution in [2.45, 2.75) is 39.8 Å². The summed E-state index contributed by atoms with van der Waals surface area (Å²) in [5.41, 5.74) is 0.993. The van der Waals surface area contributed by atoms with Crippen molar-refractivity contribution in [2.24, 2.45) is 0 Å². The molecule has 0 fully saturated rings. The van der Waals surface area contributed by atoms with Gasteiger partial charge in [-0.2, -0.15) is 0 Å². The molecule has 1 amide bonds. The summed E-state index contributed by atoms with van der Waals surface area (Å²) in [6.45, 7) is 7.65. The number of hydrogen-bond donors (Lipinski definition) is 2. The molecule has 17 heavy (non-hydrogen) atoms. The summed E-state index contributed by atoms with van der Waals surface area (Å²) in [6.07, 6.45) is 0. The topological polar surface area (TPSA) is 41.1 Å². The van der Waals surface area contributed by atoms with Crippen LogP contribution in [0.25, 0.3) is 0 Å². The molecule has 3 nitrogen and oxygen atoms in total. The summed E-state index contributed by atoms with van der Waals surface area (Å²) in [4.78, 5) is 11.9. The zero-order valence-corrected chi connectivity index (χ0v) is 10.7. The third-order valence-electron chi connectivity index (χ3n) is 2.09. The Balaban J connectivity index is 3.01.